The van der Waals surface area contributed by atoms with Crippen molar-refractivity contribution in [3.05, 3.63) is 35.2 Å². The van der Waals surface area contributed by atoms with Gasteiger partial charge in [-0.2, -0.15) is 0 Å². The number of thiophene rings is 1. The van der Waals surface area contributed by atoms with Gasteiger partial charge in [-0.15, -0.1) is 11.3 Å². The molecule has 2 rings (SSSR count). The number of benzene rings is 1. The number of methoxy groups -OCH3 is 2. The second kappa shape index (κ2) is 5.10. The molecule has 0 unspecified atom stereocenters. The van der Waals surface area contributed by atoms with Gasteiger partial charge in [-0.1, -0.05) is 18.2 Å². The lowest BCUT2D eigenvalue weighted by Crippen LogP contribution is -2.04. The van der Waals surface area contributed by atoms with Crippen LogP contribution in [0.25, 0.3) is 11.1 Å². The maximum atomic E-state index is 11.8. The second-order valence-corrected chi connectivity index (χ2v) is 4.49. The lowest BCUT2D eigenvalue weighted by atomic mass is 10.0. The maximum absolute atomic E-state index is 11.8. The summed E-state index contributed by atoms with van der Waals surface area (Å²) in [6, 6.07) is 7.47. The van der Waals surface area contributed by atoms with Crippen molar-refractivity contribution >= 4 is 22.3 Å². The Morgan fingerprint density at radius 3 is 2.61 bits per heavy atom. The highest BCUT2D eigenvalue weighted by Gasteiger charge is 2.20. The summed E-state index contributed by atoms with van der Waals surface area (Å²) < 4.78 is 10.0. The number of esters is 1. The van der Waals surface area contributed by atoms with Crippen molar-refractivity contribution in [2.75, 3.05) is 20.0 Å². The molecule has 0 fully saturated rings. The minimum absolute atomic E-state index is 0.395. The summed E-state index contributed by atoms with van der Waals surface area (Å²) in [4.78, 5) is 11.8. The molecule has 0 atom stereocenters. The van der Waals surface area contributed by atoms with Gasteiger partial charge in [0.25, 0.3) is 0 Å². The predicted octanol–water partition coefficient (Wildman–Crippen LogP) is 2.79. The zero-order chi connectivity index (χ0) is 13.1. The first-order valence-corrected chi connectivity index (χ1v) is 6.15. The van der Waals surface area contributed by atoms with Crippen molar-refractivity contribution < 1.29 is 14.3 Å². The SMILES string of the molecule is COC(=O)c1c(-c2ccccc2OC)csc1N. The Labute approximate surface area is 109 Å². The van der Waals surface area contributed by atoms with E-state index in [9.17, 15) is 4.79 Å². The van der Waals surface area contributed by atoms with Gasteiger partial charge in [0, 0.05) is 16.5 Å². The van der Waals surface area contributed by atoms with Crippen molar-refractivity contribution in [2.45, 2.75) is 0 Å². The van der Waals surface area contributed by atoms with Crippen LogP contribution in [0.4, 0.5) is 5.00 Å². The third-order valence-corrected chi connectivity index (χ3v) is 3.42. The number of hydrogen-bond donors (Lipinski definition) is 1. The standard InChI is InChI=1S/C13H13NO3S/c1-16-10-6-4-3-5-8(10)9-7-18-12(14)11(9)13(15)17-2/h3-7H,14H2,1-2H3. The molecule has 0 saturated carbocycles. The Morgan fingerprint density at radius 2 is 1.94 bits per heavy atom. The number of rotatable bonds is 3. The molecule has 0 aliphatic heterocycles. The third-order valence-electron chi connectivity index (χ3n) is 2.61. The largest absolute Gasteiger partial charge is 0.496 e. The maximum Gasteiger partial charge on any atom is 0.341 e. The van der Waals surface area contributed by atoms with Gasteiger partial charge in [-0.3, -0.25) is 0 Å². The van der Waals surface area contributed by atoms with Crippen molar-refractivity contribution in [3.8, 4) is 16.9 Å². The fraction of sp³-hybridized carbons (Fsp3) is 0.154. The normalized spacial score (nSPS) is 10.1. The second-order valence-electron chi connectivity index (χ2n) is 3.58. The number of nitrogen functional groups attached to an aromatic ring is 1. The summed E-state index contributed by atoms with van der Waals surface area (Å²) in [7, 11) is 2.93. The monoisotopic (exact) mass is 263 g/mol. The number of ether oxygens (including phenoxy) is 2. The summed E-state index contributed by atoms with van der Waals surface area (Å²) in [5, 5.41) is 2.28. The molecule has 0 amide bonds. The van der Waals surface area contributed by atoms with Crippen LogP contribution in [-0.4, -0.2) is 20.2 Å². The van der Waals surface area contributed by atoms with Gasteiger partial charge in [0.05, 0.1) is 14.2 Å². The Morgan fingerprint density at radius 1 is 1.22 bits per heavy atom. The molecule has 1 aromatic carbocycles. The Kier molecular flexibility index (Phi) is 3.53. The van der Waals surface area contributed by atoms with Crippen molar-refractivity contribution in [3.63, 3.8) is 0 Å². The van der Waals surface area contributed by atoms with Crippen LogP contribution in [0.2, 0.25) is 0 Å². The number of nitrogens with two attached hydrogens (primary N) is 1. The molecule has 18 heavy (non-hydrogen) atoms. The van der Waals surface area contributed by atoms with Crippen LogP contribution in [0.5, 0.6) is 5.75 Å². The van der Waals surface area contributed by atoms with Crippen molar-refractivity contribution in [2.24, 2.45) is 0 Å². The quantitative estimate of drug-likeness (QED) is 0.865. The summed E-state index contributed by atoms with van der Waals surface area (Å²) in [5.74, 6) is 0.259. The number of anilines is 1. The molecule has 0 bridgehead atoms. The smallest absolute Gasteiger partial charge is 0.341 e. The molecule has 1 heterocycles. The number of carbonyl (C=O) groups is 1. The molecule has 0 saturated heterocycles. The molecule has 2 N–H and O–H groups in total. The first-order valence-electron chi connectivity index (χ1n) is 5.27. The van der Waals surface area contributed by atoms with E-state index in [2.05, 4.69) is 0 Å². The van der Waals surface area contributed by atoms with Crippen molar-refractivity contribution in [1.29, 1.82) is 0 Å². The average Bonchev–Trinajstić information content (AvgIpc) is 2.79. The van der Waals surface area contributed by atoms with Gasteiger partial charge in [-0.05, 0) is 6.07 Å². The lowest BCUT2D eigenvalue weighted by molar-refractivity contribution is 0.0603. The van der Waals surface area contributed by atoms with Gasteiger partial charge in [-0.25, -0.2) is 4.79 Å². The van der Waals surface area contributed by atoms with Crippen LogP contribution in [-0.2, 0) is 4.74 Å². The molecule has 4 nitrogen and oxygen atoms in total. The molecule has 0 aliphatic carbocycles. The van der Waals surface area contributed by atoms with Gasteiger partial charge >= 0.3 is 5.97 Å². The fourth-order valence-electron chi connectivity index (χ4n) is 1.75. The number of para-hydroxylation sites is 1. The Bertz CT molecular complexity index is 577. The van der Waals surface area contributed by atoms with Gasteiger partial charge in [0.15, 0.2) is 0 Å². The van der Waals surface area contributed by atoms with Gasteiger partial charge in [0.2, 0.25) is 0 Å². The van der Waals surface area contributed by atoms with E-state index in [1.54, 1.807) is 7.11 Å². The van der Waals surface area contributed by atoms with Crippen molar-refractivity contribution in [1.82, 2.24) is 0 Å². The minimum Gasteiger partial charge on any atom is -0.496 e. The summed E-state index contributed by atoms with van der Waals surface area (Å²) >= 11 is 1.31. The van der Waals surface area contributed by atoms with E-state index in [4.69, 9.17) is 15.2 Å². The highest BCUT2D eigenvalue weighted by molar-refractivity contribution is 7.15. The van der Waals surface area contributed by atoms with Gasteiger partial charge < -0.3 is 15.2 Å². The average molecular weight is 263 g/mol. The van der Waals surface area contributed by atoms with E-state index >= 15 is 0 Å². The topological polar surface area (TPSA) is 61.5 Å². The van der Waals surface area contributed by atoms with E-state index in [0.29, 0.717) is 16.3 Å². The van der Waals surface area contributed by atoms with E-state index in [0.717, 1.165) is 11.1 Å². The predicted molar refractivity (Wildman–Crippen MR) is 72.1 cm³/mol. The minimum atomic E-state index is -0.436. The Balaban J connectivity index is 2.61. The highest BCUT2D eigenvalue weighted by atomic mass is 32.1. The number of carbonyl (C=O) groups excluding carboxylic acids is 1. The molecule has 5 heteroatoms. The van der Waals surface area contributed by atoms with Crippen LogP contribution >= 0.6 is 11.3 Å². The van der Waals surface area contributed by atoms with Crippen LogP contribution in [0.15, 0.2) is 29.6 Å². The third kappa shape index (κ3) is 2.04. The van der Waals surface area contributed by atoms with E-state index in [1.165, 1.54) is 18.4 Å². The fourth-order valence-corrected chi connectivity index (χ4v) is 2.55. The summed E-state index contributed by atoms with van der Waals surface area (Å²) in [6.45, 7) is 0. The molecule has 0 spiro atoms. The molecule has 0 aliphatic rings. The summed E-state index contributed by atoms with van der Waals surface area (Å²) in [6.07, 6.45) is 0. The zero-order valence-corrected chi connectivity index (χ0v) is 10.9. The van der Waals surface area contributed by atoms with E-state index < -0.39 is 5.97 Å². The van der Waals surface area contributed by atoms with E-state index in [1.807, 2.05) is 29.6 Å². The molecule has 94 valence electrons. The Hall–Kier alpha value is -2.01. The van der Waals surface area contributed by atoms with Gasteiger partial charge in [0.1, 0.15) is 16.3 Å². The van der Waals surface area contributed by atoms with Crippen LogP contribution in [0.3, 0.4) is 0 Å². The van der Waals surface area contributed by atoms with E-state index in [-0.39, 0.29) is 0 Å². The first kappa shape index (κ1) is 12.4. The highest BCUT2D eigenvalue weighted by Crippen LogP contribution is 2.38. The zero-order valence-electron chi connectivity index (χ0n) is 10.1. The molecule has 0 radical (unpaired) electrons. The van der Waals surface area contributed by atoms with Crippen LogP contribution in [0.1, 0.15) is 10.4 Å². The first-order chi connectivity index (χ1) is 8.69. The van der Waals surface area contributed by atoms with Crippen LogP contribution < -0.4 is 10.5 Å². The summed E-state index contributed by atoms with van der Waals surface area (Å²) in [5.41, 5.74) is 7.78. The molecular weight excluding hydrogens is 250 g/mol. The van der Waals surface area contributed by atoms with Crippen LogP contribution in [0, 0.1) is 0 Å². The number of hydrogen-bond acceptors (Lipinski definition) is 5. The molecule has 1 aromatic heterocycles. The molecular formula is C13H13NO3S. The lowest BCUT2D eigenvalue weighted by Gasteiger charge is -2.08. The molecule has 2 aromatic rings.